The summed E-state index contributed by atoms with van der Waals surface area (Å²) in [6, 6.07) is 67.0. The van der Waals surface area contributed by atoms with Crippen LogP contribution in [-0.4, -0.2) is 15.0 Å². The van der Waals surface area contributed by atoms with E-state index in [1.807, 2.05) is 18.2 Å². The summed E-state index contributed by atoms with van der Waals surface area (Å²) in [7, 11) is 0. The van der Waals surface area contributed by atoms with E-state index in [2.05, 4.69) is 170 Å². The Morgan fingerprint density at radius 2 is 0.667 bits per heavy atom. The molecule has 54 heavy (non-hydrogen) atoms. The van der Waals surface area contributed by atoms with Gasteiger partial charge in [-0.15, -0.1) is 0 Å². The predicted molar refractivity (Wildman–Crippen MR) is 227 cm³/mol. The molecule has 0 radical (unpaired) electrons. The fourth-order valence-electron chi connectivity index (χ4n) is 8.39. The molecule has 0 amide bonds. The van der Waals surface area contributed by atoms with Crippen LogP contribution < -0.4 is 0 Å². The van der Waals surface area contributed by atoms with E-state index in [-0.39, 0.29) is 0 Å². The monoisotopic (exact) mass is 685 g/mol. The molecule has 0 unspecified atom stereocenters. The van der Waals surface area contributed by atoms with Crippen LogP contribution in [0, 0.1) is 0 Å². The molecule has 250 valence electrons. The maximum absolute atomic E-state index is 5.23. The Kier molecular flexibility index (Phi) is 6.86. The zero-order valence-corrected chi connectivity index (χ0v) is 29.2. The van der Waals surface area contributed by atoms with Gasteiger partial charge in [-0.1, -0.05) is 176 Å². The van der Waals surface area contributed by atoms with Crippen LogP contribution in [0.25, 0.3) is 110 Å². The summed E-state index contributed by atoms with van der Waals surface area (Å²) in [5, 5.41) is 14.7. The van der Waals surface area contributed by atoms with Crippen LogP contribution in [0.2, 0.25) is 0 Å². The third-order valence-corrected chi connectivity index (χ3v) is 10.9. The first-order chi connectivity index (χ1) is 26.8. The van der Waals surface area contributed by atoms with Crippen molar-refractivity contribution in [1.82, 2.24) is 15.0 Å². The van der Waals surface area contributed by atoms with E-state index >= 15 is 0 Å². The summed E-state index contributed by atoms with van der Waals surface area (Å²) in [5.74, 6) is 1.95. The Morgan fingerprint density at radius 3 is 1.28 bits per heavy atom. The minimum atomic E-state index is 0.642. The maximum Gasteiger partial charge on any atom is 0.165 e. The van der Waals surface area contributed by atoms with Gasteiger partial charge in [-0.05, 0) is 87.9 Å². The Labute approximate surface area is 311 Å². The van der Waals surface area contributed by atoms with Gasteiger partial charge in [0.25, 0.3) is 0 Å². The normalized spacial score (nSPS) is 11.7. The maximum atomic E-state index is 5.23. The Morgan fingerprint density at radius 1 is 0.259 bits per heavy atom. The van der Waals surface area contributed by atoms with Gasteiger partial charge in [0.2, 0.25) is 0 Å². The lowest BCUT2D eigenvalue weighted by molar-refractivity contribution is 1.08. The van der Waals surface area contributed by atoms with Crippen LogP contribution in [-0.2, 0) is 0 Å². The molecule has 0 spiro atoms. The molecule has 0 fully saturated rings. The number of aromatic nitrogens is 3. The van der Waals surface area contributed by atoms with Gasteiger partial charge in [-0.2, -0.15) is 0 Å². The van der Waals surface area contributed by atoms with Crippen LogP contribution >= 0.6 is 0 Å². The molecule has 3 heteroatoms. The summed E-state index contributed by atoms with van der Waals surface area (Å²) in [5.41, 5.74) is 5.25. The SMILES string of the molecule is c1ccc(-c2nc(-c3ccc(-c4cc5c6ccccc6c6ccccc6c5c5ccccc45)cc3)nc(-c3c4ccccc4cc4ccccc34)n2)cc1. The van der Waals surface area contributed by atoms with Crippen molar-refractivity contribution >= 4 is 64.6 Å². The van der Waals surface area contributed by atoms with Crippen molar-refractivity contribution in [2.24, 2.45) is 0 Å². The van der Waals surface area contributed by atoms with Gasteiger partial charge < -0.3 is 0 Å². The molecule has 0 aliphatic carbocycles. The average Bonchev–Trinajstić information content (AvgIpc) is 3.25. The number of benzene rings is 10. The number of fused-ring (bicyclic) bond motifs is 10. The van der Waals surface area contributed by atoms with Crippen molar-refractivity contribution < 1.29 is 0 Å². The van der Waals surface area contributed by atoms with Crippen molar-refractivity contribution in [2.75, 3.05) is 0 Å². The van der Waals surface area contributed by atoms with Crippen molar-refractivity contribution in [2.45, 2.75) is 0 Å². The summed E-state index contributed by atoms with van der Waals surface area (Å²) in [6.45, 7) is 0. The van der Waals surface area contributed by atoms with E-state index in [1.165, 1.54) is 48.7 Å². The molecule has 0 bridgehead atoms. The summed E-state index contributed by atoms with van der Waals surface area (Å²) < 4.78 is 0. The van der Waals surface area contributed by atoms with Crippen molar-refractivity contribution in [3.05, 3.63) is 188 Å². The Balaban J connectivity index is 1.12. The zero-order chi connectivity index (χ0) is 35.6. The van der Waals surface area contributed by atoms with E-state index in [1.54, 1.807) is 0 Å². The largest absolute Gasteiger partial charge is 0.208 e. The molecule has 11 rings (SSSR count). The predicted octanol–water partition coefficient (Wildman–Crippen LogP) is 13.5. The lowest BCUT2D eigenvalue weighted by atomic mass is 9.87. The van der Waals surface area contributed by atoms with E-state index in [0.29, 0.717) is 17.5 Å². The third-order valence-electron chi connectivity index (χ3n) is 10.9. The second-order valence-electron chi connectivity index (χ2n) is 13.9. The van der Waals surface area contributed by atoms with Crippen molar-refractivity contribution in [3.63, 3.8) is 0 Å². The molecular formula is C51H31N3. The Bertz CT molecular complexity index is 3200. The van der Waals surface area contributed by atoms with E-state index in [4.69, 9.17) is 15.0 Å². The Hall–Kier alpha value is -7.23. The fourth-order valence-corrected chi connectivity index (χ4v) is 8.39. The molecular weight excluding hydrogens is 655 g/mol. The van der Waals surface area contributed by atoms with Gasteiger partial charge in [0.1, 0.15) is 0 Å². The second-order valence-corrected chi connectivity index (χ2v) is 13.9. The van der Waals surface area contributed by atoms with Crippen LogP contribution in [0.3, 0.4) is 0 Å². The van der Waals surface area contributed by atoms with E-state index in [0.717, 1.165) is 43.8 Å². The highest BCUT2D eigenvalue weighted by Gasteiger charge is 2.18. The molecule has 1 heterocycles. The summed E-state index contributed by atoms with van der Waals surface area (Å²) >= 11 is 0. The molecule has 11 aromatic rings. The molecule has 0 aliphatic rings. The number of hydrogen-bond acceptors (Lipinski definition) is 3. The fraction of sp³-hybridized carbons (Fsp3) is 0. The van der Waals surface area contributed by atoms with Crippen LogP contribution in [0.1, 0.15) is 0 Å². The summed E-state index contributed by atoms with van der Waals surface area (Å²) in [6.07, 6.45) is 0. The second kappa shape index (κ2) is 12.2. The van der Waals surface area contributed by atoms with Gasteiger partial charge in [-0.3, -0.25) is 0 Å². The molecule has 1 aromatic heterocycles. The first kappa shape index (κ1) is 30.4. The average molecular weight is 686 g/mol. The highest BCUT2D eigenvalue weighted by Crippen LogP contribution is 2.43. The van der Waals surface area contributed by atoms with Gasteiger partial charge >= 0.3 is 0 Å². The highest BCUT2D eigenvalue weighted by molar-refractivity contribution is 6.33. The van der Waals surface area contributed by atoms with Crippen molar-refractivity contribution in [3.8, 4) is 45.3 Å². The number of nitrogens with zero attached hydrogens (tertiary/aromatic N) is 3. The lowest BCUT2D eigenvalue weighted by Gasteiger charge is -2.16. The molecule has 0 saturated heterocycles. The van der Waals surface area contributed by atoms with Crippen molar-refractivity contribution in [1.29, 1.82) is 0 Å². The smallest absolute Gasteiger partial charge is 0.165 e. The molecule has 0 saturated carbocycles. The number of hydrogen-bond donors (Lipinski definition) is 0. The van der Waals surface area contributed by atoms with E-state index in [9.17, 15) is 0 Å². The molecule has 0 aliphatic heterocycles. The van der Waals surface area contributed by atoms with Gasteiger partial charge in [-0.25, -0.2) is 15.0 Å². The van der Waals surface area contributed by atoms with Crippen LogP contribution in [0.5, 0.6) is 0 Å². The third kappa shape index (κ3) is 4.79. The van der Waals surface area contributed by atoms with Gasteiger partial charge in [0, 0.05) is 16.7 Å². The highest BCUT2D eigenvalue weighted by atomic mass is 15.0. The topological polar surface area (TPSA) is 38.7 Å². The van der Waals surface area contributed by atoms with Crippen LogP contribution in [0.15, 0.2) is 188 Å². The molecule has 10 aromatic carbocycles. The molecule has 0 N–H and O–H groups in total. The van der Waals surface area contributed by atoms with E-state index < -0.39 is 0 Å². The standard InChI is InChI=1S/C51H31N3/c1-2-14-33(15-3-1)49-52-50(54-51(53-49)48-37-18-6-4-16-35(37)30-36-17-5-7-19-38(36)48)34-28-26-32(27-29-34)45-31-46-41-22-9-8-20-39(41)40-21-10-12-24-43(40)47(46)44-25-13-11-23-42(44)45/h1-31H. The quantitative estimate of drug-likeness (QED) is 0.137. The minimum Gasteiger partial charge on any atom is -0.208 e. The first-order valence-electron chi connectivity index (χ1n) is 18.4. The zero-order valence-electron chi connectivity index (χ0n) is 29.2. The number of rotatable bonds is 4. The minimum absolute atomic E-state index is 0.642. The molecule has 3 nitrogen and oxygen atoms in total. The van der Waals surface area contributed by atoms with Gasteiger partial charge in [0.15, 0.2) is 17.5 Å². The van der Waals surface area contributed by atoms with Gasteiger partial charge in [0.05, 0.1) is 0 Å². The first-order valence-corrected chi connectivity index (χ1v) is 18.4. The molecule has 0 atom stereocenters. The summed E-state index contributed by atoms with van der Waals surface area (Å²) in [4.78, 5) is 15.5. The van der Waals surface area contributed by atoms with Crippen LogP contribution in [0.4, 0.5) is 0 Å². The lowest BCUT2D eigenvalue weighted by Crippen LogP contribution is -2.01.